The number of rotatable bonds is 1. The number of benzene rings is 1. The summed E-state index contributed by atoms with van der Waals surface area (Å²) in [6.07, 6.45) is -1.02. The van der Waals surface area contributed by atoms with Crippen molar-refractivity contribution in [2.24, 2.45) is 0 Å². The lowest BCUT2D eigenvalue weighted by Gasteiger charge is -2.29. The van der Waals surface area contributed by atoms with Gasteiger partial charge in [-0.15, -0.1) is 0 Å². The van der Waals surface area contributed by atoms with E-state index in [-0.39, 0.29) is 0 Å². The van der Waals surface area contributed by atoms with Gasteiger partial charge in [-0.2, -0.15) is 13.2 Å². The molecule has 1 aromatic carbocycles. The molecule has 0 spiro atoms. The Morgan fingerprint density at radius 1 is 1.00 bits per heavy atom. The molecule has 1 fully saturated rings. The first-order chi connectivity index (χ1) is 7.97. The second-order valence-corrected chi connectivity index (χ2v) is 5.16. The number of nitrogens with zero attached hydrogens (tertiary/aromatic N) is 1. The maximum absolute atomic E-state index is 12.7. The molecule has 0 aliphatic carbocycles. The van der Waals surface area contributed by atoms with Gasteiger partial charge < -0.3 is 4.90 Å². The van der Waals surface area contributed by atoms with Crippen molar-refractivity contribution in [3.8, 4) is 0 Å². The lowest BCUT2D eigenvalue weighted by atomic mass is 10.1. The van der Waals surface area contributed by atoms with Gasteiger partial charge in [-0.05, 0) is 37.5 Å². The van der Waals surface area contributed by atoms with Crippen molar-refractivity contribution < 1.29 is 13.2 Å². The van der Waals surface area contributed by atoms with Crippen molar-refractivity contribution >= 4 is 21.6 Å². The summed E-state index contributed by atoms with van der Waals surface area (Å²) < 4.78 is 38.5. The first-order valence-electron chi connectivity index (χ1n) is 5.59. The fraction of sp³-hybridized carbons (Fsp3) is 0.500. The van der Waals surface area contributed by atoms with Gasteiger partial charge in [-0.3, -0.25) is 0 Å². The van der Waals surface area contributed by atoms with Gasteiger partial charge in [0.25, 0.3) is 0 Å². The SMILES string of the molecule is FC(F)(F)c1cc(Br)cc(N2CCCCC2)c1. The molecule has 5 heteroatoms. The Hall–Kier alpha value is -0.710. The predicted molar refractivity (Wildman–Crippen MR) is 65.2 cm³/mol. The zero-order chi connectivity index (χ0) is 12.5. The van der Waals surface area contributed by atoms with Crippen LogP contribution in [-0.4, -0.2) is 13.1 Å². The lowest BCUT2D eigenvalue weighted by molar-refractivity contribution is -0.137. The largest absolute Gasteiger partial charge is 0.416 e. The van der Waals surface area contributed by atoms with Gasteiger partial charge in [-0.1, -0.05) is 15.9 Å². The topological polar surface area (TPSA) is 3.24 Å². The van der Waals surface area contributed by atoms with Crippen LogP contribution in [0.1, 0.15) is 24.8 Å². The van der Waals surface area contributed by atoms with E-state index in [2.05, 4.69) is 15.9 Å². The molecule has 1 saturated heterocycles. The average Bonchev–Trinajstić information content (AvgIpc) is 2.28. The summed E-state index contributed by atoms with van der Waals surface area (Å²) in [6, 6.07) is 4.10. The van der Waals surface area contributed by atoms with Gasteiger partial charge in [0.15, 0.2) is 0 Å². The minimum atomic E-state index is -4.28. The lowest BCUT2D eigenvalue weighted by Crippen LogP contribution is -2.29. The van der Waals surface area contributed by atoms with Crippen molar-refractivity contribution in [2.75, 3.05) is 18.0 Å². The van der Waals surface area contributed by atoms with Crippen LogP contribution < -0.4 is 4.90 Å². The summed E-state index contributed by atoms with van der Waals surface area (Å²) in [6.45, 7) is 1.68. The number of piperidine rings is 1. The number of halogens is 4. The van der Waals surface area contributed by atoms with E-state index >= 15 is 0 Å². The van der Waals surface area contributed by atoms with Crippen LogP contribution in [0.5, 0.6) is 0 Å². The average molecular weight is 308 g/mol. The first-order valence-corrected chi connectivity index (χ1v) is 6.39. The Morgan fingerprint density at radius 2 is 1.65 bits per heavy atom. The highest BCUT2D eigenvalue weighted by Gasteiger charge is 2.31. The van der Waals surface area contributed by atoms with Crippen LogP contribution in [0.15, 0.2) is 22.7 Å². The first kappa shape index (κ1) is 12.7. The molecule has 1 aromatic rings. The number of alkyl halides is 3. The number of anilines is 1. The Morgan fingerprint density at radius 3 is 2.24 bits per heavy atom. The van der Waals surface area contributed by atoms with E-state index < -0.39 is 11.7 Å². The van der Waals surface area contributed by atoms with Crippen molar-refractivity contribution in [1.82, 2.24) is 0 Å². The molecule has 1 heterocycles. The third-order valence-corrected chi connectivity index (χ3v) is 3.39. The van der Waals surface area contributed by atoms with Gasteiger partial charge in [0.1, 0.15) is 0 Å². The molecule has 0 radical (unpaired) electrons. The van der Waals surface area contributed by atoms with E-state index in [1.165, 1.54) is 6.07 Å². The Bertz CT molecular complexity index is 397. The highest BCUT2D eigenvalue weighted by Crippen LogP contribution is 2.35. The van der Waals surface area contributed by atoms with Gasteiger partial charge in [-0.25, -0.2) is 0 Å². The van der Waals surface area contributed by atoms with E-state index in [1.807, 2.05) is 4.90 Å². The third-order valence-electron chi connectivity index (χ3n) is 2.93. The van der Waals surface area contributed by atoms with Crippen molar-refractivity contribution in [2.45, 2.75) is 25.4 Å². The highest BCUT2D eigenvalue weighted by atomic mass is 79.9. The van der Waals surface area contributed by atoms with E-state index in [1.54, 1.807) is 6.07 Å². The van der Waals surface area contributed by atoms with Crippen LogP contribution in [-0.2, 0) is 6.18 Å². The summed E-state index contributed by atoms with van der Waals surface area (Å²) >= 11 is 3.15. The summed E-state index contributed by atoms with van der Waals surface area (Å²) in [5.41, 5.74) is 0.0684. The molecule has 0 saturated carbocycles. The second-order valence-electron chi connectivity index (χ2n) is 4.24. The number of hydrogen-bond acceptors (Lipinski definition) is 1. The van der Waals surface area contributed by atoms with Crippen molar-refractivity contribution in [1.29, 1.82) is 0 Å². The summed E-state index contributed by atoms with van der Waals surface area (Å²) in [7, 11) is 0. The molecule has 1 nitrogen and oxygen atoms in total. The Kier molecular flexibility index (Phi) is 3.66. The molecule has 1 aliphatic rings. The fourth-order valence-corrected chi connectivity index (χ4v) is 2.55. The second kappa shape index (κ2) is 4.88. The molecule has 0 atom stereocenters. The van der Waals surface area contributed by atoms with Crippen LogP contribution in [0.3, 0.4) is 0 Å². The summed E-state index contributed by atoms with van der Waals surface area (Å²) in [4.78, 5) is 2.02. The van der Waals surface area contributed by atoms with Crippen LogP contribution in [0.2, 0.25) is 0 Å². The quantitative estimate of drug-likeness (QED) is 0.740. The Balaban J connectivity index is 2.31. The molecule has 0 N–H and O–H groups in total. The molecule has 2 rings (SSSR count). The minimum Gasteiger partial charge on any atom is -0.371 e. The highest BCUT2D eigenvalue weighted by molar-refractivity contribution is 9.10. The Labute approximate surface area is 107 Å². The van der Waals surface area contributed by atoms with Crippen LogP contribution in [0.25, 0.3) is 0 Å². The molecule has 0 bridgehead atoms. The molecule has 17 heavy (non-hydrogen) atoms. The van der Waals surface area contributed by atoms with Crippen LogP contribution in [0, 0.1) is 0 Å². The molecule has 0 amide bonds. The maximum Gasteiger partial charge on any atom is 0.416 e. The number of hydrogen-bond donors (Lipinski definition) is 0. The molecule has 1 aliphatic heterocycles. The van der Waals surface area contributed by atoms with E-state index in [0.717, 1.165) is 38.4 Å². The van der Waals surface area contributed by atoms with Crippen molar-refractivity contribution in [3.05, 3.63) is 28.2 Å². The molecular formula is C12H13BrF3N. The minimum absolute atomic E-state index is 0.480. The third kappa shape index (κ3) is 3.15. The summed E-state index contributed by atoms with van der Waals surface area (Å²) in [5.74, 6) is 0. The molecule has 0 aromatic heterocycles. The monoisotopic (exact) mass is 307 g/mol. The zero-order valence-electron chi connectivity index (χ0n) is 9.23. The fourth-order valence-electron chi connectivity index (χ4n) is 2.07. The summed E-state index contributed by atoms with van der Waals surface area (Å²) in [5, 5.41) is 0. The standard InChI is InChI=1S/C12H13BrF3N/c13-10-6-9(12(14,15)16)7-11(8-10)17-4-2-1-3-5-17/h6-8H,1-5H2. The van der Waals surface area contributed by atoms with Crippen LogP contribution >= 0.6 is 15.9 Å². The van der Waals surface area contributed by atoms with Gasteiger partial charge in [0.05, 0.1) is 5.56 Å². The van der Waals surface area contributed by atoms with E-state index in [4.69, 9.17) is 0 Å². The normalized spacial score (nSPS) is 17.3. The van der Waals surface area contributed by atoms with Crippen molar-refractivity contribution in [3.63, 3.8) is 0 Å². The molecule has 94 valence electrons. The molecule has 0 unspecified atom stereocenters. The zero-order valence-corrected chi connectivity index (χ0v) is 10.8. The van der Waals surface area contributed by atoms with E-state index in [0.29, 0.717) is 10.2 Å². The van der Waals surface area contributed by atoms with E-state index in [9.17, 15) is 13.2 Å². The van der Waals surface area contributed by atoms with Gasteiger partial charge in [0.2, 0.25) is 0 Å². The maximum atomic E-state index is 12.7. The van der Waals surface area contributed by atoms with Gasteiger partial charge >= 0.3 is 6.18 Å². The van der Waals surface area contributed by atoms with Crippen LogP contribution in [0.4, 0.5) is 18.9 Å². The molecular weight excluding hydrogens is 295 g/mol. The smallest absolute Gasteiger partial charge is 0.371 e. The predicted octanol–water partition coefficient (Wildman–Crippen LogP) is 4.46. The van der Waals surface area contributed by atoms with Gasteiger partial charge in [0, 0.05) is 23.2 Å².